The zero-order valence-corrected chi connectivity index (χ0v) is 19.4. The maximum Gasteiger partial charge on any atom is 0.407 e. The van der Waals surface area contributed by atoms with E-state index in [1.165, 1.54) is 16.8 Å². The van der Waals surface area contributed by atoms with E-state index in [-0.39, 0.29) is 17.8 Å². The second-order valence-corrected chi connectivity index (χ2v) is 8.85. The standard InChI is InChI=1S/C22H33FN6O3/c1-15(8-6-7-13-24-21(31)32-22(3,4)5)25-20(30)19(29-16(2)26-27-28-29)14-17-9-11-18(23)12-10-17/h9-12,15,19H,6-8,13-14H2,1-5H3,(H,24,31)(H,25,30)/t15-,19+/m0/s1. The third-order valence-corrected chi connectivity index (χ3v) is 4.72. The van der Waals surface area contributed by atoms with Crippen LogP contribution in [-0.2, 0) is 16.0 Å². The SMILES string of the molecule is Cc1nnnn1[C@H](Cc1ccc(F)cc1)C(=O)N[C@@H](C)CCCCNC(=O)OC(C)(C)C. The van der Waals surface area contributed by atoms with Gasteiger partial charge in [0, 0.05) is 19.0 Å². The maximum atomic E-state index is 13.2. The second-order valence-electron chi connectivity index (χ2n) is 8.85. The lowest BCUT2D eigenvalue weighted by atomic mass is 10.0. The topological polar surface area (TPSA) is 111 Å². The van der Waals surface area contributed by atoms with Gasteiger partial charge in [0.05, 0.1) is 0 Å². The highest BCUT2D eigenvalue weighted by atomic mass is 19.1. The molecule has 0 fully saturated rings. The van der Waals surface area contributed by atoms with E-state index >= 15 is 0 Å². The maximum absolute atomic E-state index is 13.2. The van der Waals surface area contributed by atoms with Crippen molar-refractivity contribution < 1.29 is 18.7 Å². The number of benzene rings is 1. The van der Waals surface area contributed by atoms with E-state index in [1.54, 1.807) is 19.1 Å². The summed E-state index contributed by atoms with van der Waals surface area (Å²) < 4.78 is 19.9. The number of nitrogens with zero attached hydrogens (tertiary/aromatic N) is 4. The molecule has 0 saturated carbocycles. The molecule has 0 saturated heterocycles. The van der Waals surface area contributed by atoms with Gasteiger partial charge in [-0.2, -0.15) is 0 Å². The van der Waals surface area contributed by atoms with Gasteiger partial charge in [0.2, 0.25) is 5.91 Å². The van der Waals surface area contributed by atoms with E-state index in [0.717, 1.165) is 24.8 Å². The van der Waals surface area contributed by atoms with Crippen LogP contribution in [0.1, 0.15) is 64.4 Å². The summed E-state index contributed by atoms with van der Waals surface area (Å²) in [7, 11) is 0. The third-order valence-electron chi connectivity index (χ3n) is 4.72. The Morgan fingerprint density at radius 1 is 1.19 bits per heavy atom. The molecule has 1 aromatic heterocycles. The molecular formula is C22H33FN6O3. The molecule has 2 atom stereocenters. The summed E-state index contributed by atoms with van der Waals surface area (Å²) >= 11 is 0. The van der Waals surface area contributed by atoms with Gasteiger partial charge in [-0.1, -0.05) is 12.1 Å². The number of rotatable bonds is 10. The molecule has 2 aromatic rings. The van der Waals surface area contributed by atoms with E-state index in [0.29, 0.717) is 18.8 Å². The number of aryl methyl sites for hydroxylation is 1. The fourth-order valence-electron chi connectivity index (χ4n) is 3.15. The van der Waals surface area contributed by atoms with Gasteiger partial charge in [-0.25, -0.2) is 13.9 Å². The average Bonchev–Trinajstić information content (AvgIpc) is 3.11. The van der Waals surface area contributed by atoms with Gasteiger partial charge >= 0.3 is 6.09 Å². The van der Waals surface area contributed by atoms with Crippen molar-refractivity contribution >= 4 is 12.0 Å². The van der Waals surface area contributed by atoms with Crippen LogP contribution in [0.2, 0.25) is 0 Å². The molecule has 1 aromatic carbocycles. The van der Waals surface area contributed by atoms with Gasteiger partial charge in [-0.15, -0.1) is 5.10 Å². The predicted octanol–water partition coefficient (Wildman–Crippen LogP) is 3.10. The van der Waals surface area contributed by atoms with Crippen molar-refractivity contribution in [1.29, 1.82) is 0 Å². The summed E-state index contributed by atoms with van der Waals surface area (Å²) in [5, 5.41) is 17.2. The number of unbranched alkanes of at least 4 members (excludes halogenated alkanes) is 1. The van der Waals surface area contributed by atoms with E-state index in [2.05, 4.69) is 26.2 Å². The molecule has 176 valence electrons. The summed E-state index contributed by atoms with van der Waals surface area (Å²) in [4.78, 5) is 24.7. The number of carbonyl (C=O) groups excluding carboxylic acids is 2. The van der Waals surface area contributed by atoms with Crippen molar-refractivity contribution in [3.63, 3.8) is 0 Å². The van der Waals surface area contributed by atoms with Crippen LogP contribution >= 0.6 is 0 Å². The minimum atomic E-state index is -0.647. The van der Waals surface area contributed by atoms with Crippen LogP contribution in [-0.4, -0.2) is 50.4 Å². The van der Waals surface area contributed by atoms with Gasteiger partial charge in [-0.3, -0.25) is 4.79 Å². The number of hydrogen-bond donors (Lipinski definition) is 2. The number of alkyl carbamates (subject to hydrolysis) is 1. The lowest BCUT2D eigenvalue weighted by Crippen LogP contribution is -2.40. The first-order valence-electron chi connectivity index (χ1n) is 10.8. The minimum absolute atomic E-state index is 0.0727. The van der Waals surface area contributed by atoms with E-state index in [1.807, 2.05) is 27.7 Å². The molecule has 0 radical (unpaired) electrons. The Morgan fingerprint density at radius 2 is 1.88 bits per heavy atom. The molecule has 0 bridgehead atoms. The first kappa shape index (κ1) is 25.2. The van der Waals surface area contributed by atoms with Crippen LogP contribution in [0.4, 0.5) is 9.18 Å². The molecular weight excluding hydrogens is 415 g/mol. The van der Waals surface area contributed by atoms with Crippen LogP contribution in [0.25, 0.3) is 0 Å². The van der Waals surface area contributed by atoms with Crippen LogP contribution in [0, 0.1) is 12.7 Å². The molecule has 10 heteroatoms. The summed E-state index contributed by atoms with van der Waals surface area (Å²) in [6.45, 7) is 9.62. The molecule has 9 nitrogen and oxygen atoms in total. The largest absolute Gasteiger partial charge is 0.444 e. The molecule has 2 N–H and O–H groups in total. The number of ether oxygens (including phenoxy) is 1. The Balaban J connectivity index is 1.84. The Bertz CT molecular complexity index is 879. The van der Waals surface area contributed by atoms with E-state index in [4.69, 9.17) is 4.74 Å². The monoisotopic (exact) mass is 448 g/mol. The van der Waals surface area contributed by atoms with Gasteiger partial charge in [0.15, 0.2) is 0 Å². The third kappa shape index (κ3) is 8.60. The summed E-state index contributed by atoms with van der Waals surface area (Å²) in [5.74, 6) is -0.0135. The minimum Gasteiger partial charge on any atom is -0.444 e. The fourth-order valence-corrected chi connectivity index (χ4v) is 3.15. The van der Waals surface area contributed by atoms with Gasteiger partial charge < -0.3 is 15.4 Å². The van der Waals surface area contributed by atoms with Crippen LogP contribution < -0.4 is 10.6 Å². The first-order valence-corrected chi connectivity index (χ1v) is 10.8. The fraction of sp³-hybridized carbons (Fsp3) is 0.591. The number of nitrogens with one attached hydrogen (secondary N) is 2. The molecule has 0 aliphatic heterocycles. The molecule has 32 heavy (non-hydrogen) atoms. The van der Waals surface area contributed by atoms with E-state index < -0.39 is 17.7 Å². The Kier molecular flexibility index (Phi) is 9.10. The molecule has 2 rings (SSSR count). The number of aromatic nitrogens is 4. The zero-order valence-electron chi connectivity index (χ0n) is 19.4. The van der Waals surface area contributed by atoms with Gasteiger partial charge in [-0.05, 0) is 82.0 Å². The average molecular weight is 449 g/mol. The van der Waals surface area contributed by atoms with Crippen molar-refractivity contribution in [2.75, 3.05) is 6.54 Å². The quantitative estimate of drug-likeness (QED) is 0.540. The smallest absolute Gasteiger partial charge is 0.407 e. The molecule has 0 aliphatic carbocycles. The molecule has 0 spiro atoms. The molecule has 0 aliphatic rings. The number of hydrogen-bond acceptors (Lipinski definition) is 6. The Morgan fingerprint density at radius 3 is 2.47 bits per heavy atom. The van der Waals surface area contributed by atoms with Crippen LogP contribution in [0.5, 0.6) is 0 Å². The lowest BCUT2D eigenvalue weighted by molar-refractivity contribution is -0.125. The molecule has 1 heterocycles. The zero-order chi connectivity index (χ0) is 23.7. The molecule has 0 unspecified atom stereocenters. The van der Waals surface area contributed by atoms with Crippen molar-refractivity contribution in [2.24, 2.45) is 0 Å². The van der Waals surface area contributed by atoms with E-state index in [9.17, 15) is 14.0 Å². The summed E-state index contributed by atoms with van der Waals surface area (Å²) in [5.41, 5.74) is 0.285. The summed E-state index contributed by atoms with van der Waals surface area (Å²) in [6, 6.07) is 5.31. The second kappa shape index (κ2) is 11.5. The highest BCUT2D eigenvalue weighted by Crippen LogP contribution is 2.16. The van der Waals surface area contributed by atoms with Crippen molar-refractivity contribution in [2.45, 2.75) is 78.0 Å². The Labute approximate surface area is 188 Å². The van der Waals surface area contributed by atoms with Crippen LogP contribution in [0.3, 0.4) is 0 Å². The number of amides is 2. The number of carbonyl (C=O) groups is 2. The highest BCUT2D eigenvalue weighted by molar-refractivity contribution is 5.80. The van der Waals surface area contributed by atoms with Crippen molar-refractivity contribution in [3.8, 4) is 0 Å². The highest BCUT2D eigenvalue weighted by Gasteiger charge is 2.25. The Hall–Kier alpha value is -3.04. The summed E-state index contributed by atoms with van der Waals surface area (Å²) in [6.07, 6.45) is 2.25. The van der Waals surface area contributed by atoms with Gasteiger partial charge in [0.1, 0.15) is 23.3 Å². The number of halogens is 1. The van der Waals surface area contributed by atoms with Crippen molar-refractivity contribution in [3.05, 3.63) is 41.5 Å². The van der Waals surface area contributed by atoms with Crippen LogP contribution in [0.15, 0.2) is 24.3 Å². The molecule has 2 amide bonds. The van der Waals surface area contributed by atoms with Gasteiger partial charge in [0.25, 0.3) is 0 Å². The van der Waals surface area contributed by atoms with Crippen molar-refractivity contribution in [1.82, 2.24) is 30.8 Å². The number of tetrazole rings is 1. The normalized spacial score (nSPS) is 13.3. The lowest BCUT2D eigenvalue weighted by Gasteiger charge is -2.21. The first-order chi connectivity index (χ1) is 15.0. The predicted molar refractivity (Wildman–Crippen MR) is 117 cm³/mol.